The second-order valence-corrected chi connectivity index (χ2v) is 4.67. The zero-order chi connectivity index (χ0) is 12.7. The predicted octanol–water partition coefficient (Wildman–Crippen LogP) is 2.12. The van der Waals surface area contributed by atoms with Crippen LogP contribution in [0, 0.1) is 0 Å². The molecule has 0 radical (unpaired) electrons. The molecule has 0 aliphatic carbocycles. The van der Waals surface area contributed by atoms with E-state index in [1.54, 1.807) is 26.0 Å². The molecule has 0 spiro atoms. The third-order valence-electron chi connectivity index (χ3n) is 2.65. The van der Waals surface area contributed by atoms with Gasteiger partial charge in [0.1, 0.15) is 0 Å². The maximum absolute atomic E-state index is 8.56. The van der Waals surface area contributed by atoms with Gasteiger partial charge in [0.2, 0.25) is 0 Å². The lowest BCUT2D eigenvalue weighted by Crippen LogP contribution is -2.38. The van der Waals surface area contributed by atoms with E-state index in [1.165, 1.54) is 0 Å². The van der Waals surface area contributed by atoms with Gasteiger partial charge in [-0.3, -0.25) is 0 Å². The number of rotatable bonds is 6. The Balaban J connectivity index is 2.79. The smallest absolute Gasteiger partial charge is 0.0787 e. The number of ether oxygens (including phenoxy) is 2. The molecule has 0 bridgehead atoms. The van der Waals surface area contributed by atoms with Crippen molar-refractivity contribution in [2.24, 2.45) is 10.2 Å². The summed E-state index contributed by atoms with van der Waals surface area (Å²) in [4.78, 5) is 5.54. The van der Waals surface area contributed by atoms with E-state index in [9.17, 15) is 0 Å². The highest BCUT2D eigenvalue weighted by Crippen LogP contribution is 2.34. The maximum atomic E-state index is 8.56. The summed E-state index contributed by atoms with van der Waals surface area (Å²) >= 11 is 1.61. The lowest BCUT2D eigenvalue weighted by molar-refractivity contribution is 0.0668. The third-order valence-corrected chi connectivity index (χ3v) is 4.14. The summed E-state index contributed by atoms with van der Waals surface area (Å²) < 4.78 is 10.5. The van der Waals surface area contributed by atoms with Crippen LogP contribution in [-0.2, 0) is 9.47 Å². The van der Waals surface area contributed by atoms with E-state index in [-0.39, 0.29) is 30.0 Å². The van der Waals surface area contributed by atoms with Crippen molar-refractivity contribution in [3.8, 4) is 0 Å². The largest absolute Gasteiger partial charge is 0.380 e. The molecule has 1 aliphatic rings. The molecular formula is C8H14N6O2S. The van der Waals surface area contributed by atoms with Gasteiger partial charge in [0.15, 0.2) is 0 Å². The molecule has 1 aliphatic heterocycles. The van der Waals surface area contributed by atoms with E-state index in [0.717, 1.165) is 5.75 Å². The van der Waals surface area contributed by atoms with Crippen LogP contribution in [-0.4, -0.2) is 50.0 Å². The summed E-state index contributed by atoms with van der Waals surface area (Å²) in [6.07, 6.45) is -0.392. The lowest BCUT2D eigenvalue weighted by atomic mass is 10.1. The zero-order valence-corrected chi connectivity index (χ0v) is 10.4. The topological polar surface area (TPSA) is 116 Å². The van der Waals surface area contributed by atoms with E-state index < -0.39 is 0 Å². The minimum atomic E-state index is -0.297. The van der Waals surface area contributed by atoms with Crippen molar-refractivity contribution in [2.75, 3.05) is 26.5 Å². The van der Waals surface area contributed by atoms with Gasteiger partial charge in [0.25, 0.3) is 0 Å². The summed E-state index contributed by atoms with van der Waals surface area (Å²) in [6.45, 7) is 0.221. The van der Waals surface area contributed by atoms with Gasteiger partial charge in [-0.25, -0.2) is 0 Å². The van der Waals surface area contributed by atoms with Crippen molar-refractivity contribution in [1.29, 1.82) is 0 Å². The van der Waals surface area contributed by atoms with Gasteiger partial charge in [0, 0.05) is 35.0 Å². The maximum Gasteiger partial charge on any atom is 0.0787 e. The SMILES string of the molecule is CO[C@@H](CN=[N+]=[N-])[C@@H]1SC[C@@H](OC)[C@@H]1N=[N+]=[N-]. The quantitative estimate of drug-likeness (QED) is 0.412. The molecule has 0 aromatic rings. The number of hydrogen-bond donors (Lipinski definition) is 0. The van der Waals surface area contributed by atoms with Crippen LogP contribution in [0.25, 0.3) is 20.9 Å². The van der Waals surface area contributed by atoms with Gasteiger partial charge < -0.3 is 9.47 Å². The van der Waals surface area contributed by atoms with Crippen molar-refractivity contribution >= 4 is 11.8 Å². The number of azide groups is 2. The average molecular weight is 258 g/mol. The van der Waals surface area contributed by atoms with E-state index >= 15 is 0 Å². The number of thioether (sulfide) groups is 1. The summed E-state index contributed by atoms with van der Waals surface area (Å²) in [7, 11) is 3.13. The Kier molecular flexibility index (Phi) is 5.96. The average Bonchev–Trinajstić information content (AvgIpc) is 2.74. The molecule has 1 saturated heterocycles. The number of methoxy groups -OCH3 is 2. The molecule has 1 rings (SSSR count). The second kappa shape index (κ2) is 7.26. The molecule has 8 nitrogen and oxygen atoms in total. The van der Waals surface area contributed by atoms with Crippen molar-refractivity contribution < 1.29 is 9.47 Å². The van der Waals surface area contributed by atoms with E-state index in [2.05, 4.69) is 20.1 Å². The summed E-state index contributed by atoms with van der Waals surface area (Å²) in [5.74, 6) is 0.737. The van der Waals surface area contributed by atoms with Crippen LogP contribution >= 0.6 is 11.8 Å². The molecule has 0 unspecified atom stereocenters. The molecule has 94 valence electrons. The van der Waals surface area contributed by atoms with Crippen LogP contribution in [0.4, 0.5) is 0 Å². The van der Waals surface area contributed by atoms with Crippen LogP contribution in [0.3, 0.4) is 0 Å². The molecule has 9 heteroatoms. The molecule has 17 heavy (non-hydrogen) atoms. The Bertz CT molecular complexity index is 341. The highest BCUT2D eigenvalue weighted by Gasteiger charge is 2.40. The normalized spacial score (nSPS) is 29.2. The zero-order valence-electron chi connectivity index (χ0n) is 9.63. The van der Waals surface area contributed by atoms with Gasteiger partial charge in [-0.05, 0) is 11.1 Å². The number of hydrogen-bond acceptors (Lipinski definition) is 5. The standard InChI is InChI=1S/C8H14N6O2S/c1-15-5(3-11-13-9)8-7(12-14-10)6(16-2)4-17-8/h5-8H,3-4H2,1-2H3/t5-,6+,7-,8-/m0/s1. The molecule has 1 heterocycles. The van der Waals surface area contributed by atoms with Crippen LogP contribution in [0.2, 0.25) is 0 Å². The third kappa shape index (κ3) is 3.42. The molecule has 0 aromatic carbocycles. The van der Waals surface area contributed by atoms with Crippen molar-refractivity contribution in [1.82, 2.24) is 0 Å². The minimum absolute atomic E-state index is 0.0497. The summed E-state index contributed by atoms with van der Waals surface area (Å²) in [6, 6.07) is -0.297. The van der Waals surface area contributed by atoms with Gasteiger partial charge in [-0.1, -0.05) is 10.2 Å². The fraction of sp³-hybridized carbons (Fsp3) is 1.00. The summed E-state index contributed by atoms with van der Waals surface area (Å²) in [5, 5.41) is 7.20. The van der Waals surface area contributed by atoms with Crippen molar-refractivity contribution in [2.45, 2.75) is 23.5 Å². The first-order chi connectivity index (χ1) is 8.28. The van der Waals surface area contributed by atoms with E-state index in [1.807, 2.05) is 0 Å². The monoisotopic (exact) mass is 258 g/mol. The molecule has 4 atom stereocenters. The minimum Gasteiger partial charge on any atom is -0.380 e. The fourth-order valence-electron chi connectivity index (χ4n) is 1.78. The Labute approximate surface area is 103 Å². The molecular weight excluding hydrogens is 244 g/mol. The highest BCUT2D eigenvalue weighted by molar-refractivity contribution is 8.00. The van der Waals surface area contributed by atoms with Crippen LogP contribution in [0.15, 0.2) is 10.2 Å². The van der Waals surface area contributed by atoms with Crippen LogP contribution in [0.1, 0.15) is 0 Å². The van der Waals surface area contributed by atoms with Crippen molar-refractivity contribution in [3.05, 3.63) is 20.9 Å². The van der Waals surface area contributed by atoms with Gasteiger partial charge in [-0.2, -0.15) is 11.8 Å². The van der Waals surface area contributed by atoms with Crippen LogP contribution < -0.4 is 0 Å². The molecule has 0 saturated carbocycles. The first kappa shape index (κ1) is 14.0. The fourth-order valence-corrected chi connectivity index (χ4v) is 3.36. The van der Waals surface area contributed by atoms with Gasteiger partial charge in [-0.15, -0.1) is 0 Å². The predicted molar refractivity (Wildman–Crippen MR) is 64.8 cm³/mol. The van der Waals surface area contributed by atoms with Gasteiger partial charge >= 0.3 is 0 Å². The molecule has 0 N–H and O–H groups in total. The first-order valence-corrected chi connectivity index (χ1v) is 6.05. The van der Waals surface area contributed by atoms with E-state index in [0.29, 0.717) is 0 Å². The second-order valence-electron chi connectivity index (χ2n) is 3.46. The molecule has 1 fully saturated rings. The first-order valence-electron chi connectivity index (χ1n) is 5.00. The lowest BCUT2D eigenvalue weighted by Gasteiger charge is -2.24. The Hall–Kier alpha value is -1.11. The Morgan fingerprint density at radius 3 is 2.71 bits per heavy atom. The summed E-state index contributed by atoms with van der Waals surface area (Å²) in [5.41, 5.74) is 16.9. The Morgan fingerprint density at radius 1 is 1.41 bits per heavy atom. The molecule has 0 aromatic heterocycles. The number of nitrogens with zero attached hydrogens (tertiary/aromatic N) is 6. The van der Waals surface area contributed by atoms with E-state index in [4.69, 9.17) is 20.5 Å². The van der Waals surface area contributed by atoms with Crippen molar-refractivity contribution in [3.63, 3.8) is 0 Å². The van der Waals surface area contributed by atoms with Crippen LogP contribution in [0.5, 0.6) is 0 Å². The highest BCUT2D eigenvalue weighted by atomic mass is 32.2. The Morgan fingerprint density at radius 2 is 2.18 bits per heavy atom. The molecule has 0 amide bonds. The van der Waals surface area contributed by atoms with Gasteiger partial charge in [0.05, 0.1) is 24.8 Å².